The van der Waals surface area contributed by atoms with E-state index in [1.807, 2.05) is 7.05 Å². The molecule has 3 rings (SSSR count). The van der Waals surface area contributed by atoms with E-state index in [1.165, 1.54) is 11.1 Å². The number of hydrogen-bond acceptors (Lipinski definition) is 5. The Balaban J connectivity index is 1.39. The van der Waals surface area contributed by atoms with Gasteiger partial charge in [-0.2, -0.15) is 0 Å². The fraction of sp³-hybridized carbons (Fsp3) is 0.708. The van der Waals surface area contributed by atoms with Crippen LogP contribution in [0.3, 0.4) is 0 Å². The Bertz CT molecular complexity index is 656. The summed E-state index contributed by atoms with van der Waals surface area (Å²) in [5.41, 5.74) is 2.46. The van der Waals surface area contributed by atoms with Crippen molar-refractivity contribution in [3.05, 3.63) is 35.4 Å². The van der Waals surface area contributed by atoms with Gasteiger partial charge in [-0.3, -0.25) is 4.99 Å². The van der Waals surface area contributed by atoms with Gasteiger partial charge < -0.3 is 29.2 Å². The van der Waals surface area contributed by atoms with Crippen molar-refractivity contribution < 1.29 is 18.9 Å². The zero-order chi connectivity index (χ0) is 21.7. The minimum absolute atomic E-state index is 0.321. The van der Waals surface area contributed by atoms with Gasteiger partial charge >= 0.3 is 0 Å². The summed E-state index contributed by atoms with van der Waals surface area (Å²) in [5, 5.41) is 3.52. The van der Waals surface area contributed by atoms with Crippen molar-refractivity contribution in [3.63, 3.8) is 0 Å². The first-order chi connectivity index (χ1) is 15.3. The van der Waals surface area contributed by atoms with Gasteiger partial charge in [0.1, 0.15) is 0 Å². The number of ether oxygens (including phenoxy) is 4. The van der Waals surface area contributed by atoms with Crippen molar-refractivity contribution in [2.24, 2.45) is 4.99 Å². The molecule has 7 nitrogen and oxygen atoms in total. The number of methoxy groups -OCH3 is 1. The lowest BCUT2D eigenvalue weighted by molar-refractivity contribution is -0.0390. The third-order valence-electron chi connectivity index (χ3n) is 5.90. The van der Waals surface area contributed by atoms with Gasteiger partial charge in [0.05, 0.1) is 18.8 Å². The van der Waals surface area contributed by atoms with Crippen LogP contribution < -0.4 is 5.32 Å². The Morgan fingerprint density at radius 2 is 1.81 bits per heavy atom. The van der Waals surface area contributed by atoms with Crippen LogP contribution in [0.4, 0.5) is 0 Å². The van der Waals surface area contributed by atoms with E-state index in [1.54, 1.807) is 7.11 Å². The molecule has 2 heterocycles. The van der Waals surface area contributed by atoms with Crippen molar-refractivity contribution >= 4 is 5.96 Å². The Hall–Kier alpha value is -1.67. The van der Waals surface area contributed by atoms with Crippen molar-refractivity contribution in [3.8, 4) is 0 Å². The molecule has 1 N–H and O–H groups in total. The molecule has 0 aromatic heterocycles. The number of rotatable bonds is 10. The molecule has 0 radical (unpaired) electrons. The van der Waals surface area contributed by atoms with Crippen LogP contribution >= 0.6 is 0 Å². The maximum Gasteiger partial charge on any atom is 0.193 e. The quantitative estimate of drug-likeness (QED) is 0.348. The molecule has 1 aromatic carbocycles. The third-order valence-corrected chi connectivity index (χ3v) is 5.90. The summed E-state index contributed by atoms with van der Waals surface area (Å²) >= 11 is 0. The monoisotopic (exact) mass is 433 g/mol. The summed E-state index contributed by atoms with van der Waals surface area (Å²) < 4.78 is 22.5. The van der Waals surface area contributed by atoms with Gasteiger partial charge in [-0.1, -0.05) is 24.3 Å². The highest BCUT2D eigenvalue weighted by Gasteiger charge is 2.21. The van der Waals surface area contributed by atoms with Gasteiger partial charge in [0.15, 0.2) is 5.96 Å². The predicted molar refractivity (Wildman–Crippen MR) is 122 cm³/mol. The number of aliphatic imine (C=N–C) groups is 1. The lowest BCUT2D eigenvalue weighted by Gasteiger charge is -2.34. The predicted octanol–water partition coefficient (Wildman–Crippen LogP) is 2.98. The Labute approximate surface area is 187 Å². The number of benzene rings is 1. The van der Waals surface area contributed by atoms with E-state index >= 15 is 0 Å². The summed E-state index contributed by atoms with van der Waals surface area (Å²) in [5.74, 6) is 0.960. The third kappa shape index (κ3) is 8.41. The fourth-order valence-electron chi connectivity index (χ4n) is 4.09. The van der Waals surface area contributed by atoms with Crippen LogP contribution in [0, 0.1) is 0 Å². The first-order valence-electron chi connectivity index (χ1n) is 11.6. The van der Waals surface area contributed by atoms with Crippen LogP contribution in [0.25, 0.3) is 0 Å². The molecule has 2 aliphatic heterocycles. The highest BCUT2D eigenvalue weighted by atomic mass is 16.5. The van der Waals surface area contributed by atoms with Gasteiger partial charge in [-0.05, 0) is 43.2 Å². The number of hydrogen-bond donors (Lipinski definition) is 1. The van der Waals surface area contributed by atoms with E-state index in [0.717, 1.165) is 84.1 Å². The van der Waals surface area contributed by atoms with Crippen molar-refractivity contribution in [2.75, 3.05) is 53.7 Å². The zero-order valence-electron chi connectivity index (χ0n) is 19.2. The van der Waals surface area contributed by atoms with Crippen molar-refractivity contribution in [1.29, 1.82) is 0 Å². The minimum Gasteiger partial charge on any atom is -0.385 e. The standard InChI is InChI=1S/C24H39N3O4/c1-25-24(27-11-7-22(8-12-27)30-14-4-13-28-2)26-18-20-5-3-6-21(17-20)19-31-23-9-15-29-16-10-23/h3,5-6,17,22-23H,4,7-16,18-19H2,1-2H3,(H,25,26). The molecule has 174 valence electrons. The molecule has 1 aromatic rings. The lowest BCUT2D eigenvalue weighted by atomic mass is 10.1. The zero-order valence-corrected chi connectivity index (χ0v) is 19.2. The first-order valence-corrected chi connectivity index (χ1v) is 11.6. The Morgan fingerprint density at radius 3 is 2.55 bits per heavy atom. The number of piperidine rings is 1. The Kier molecular flexibility index (Phi) is 10.6. The second-order valence-electron chi connectivity index (χ2n) is 8.25. The maximum absolute atomic E-state index is 6.07. The SMILES string of the molecule is CN=C(NCc1cccc(COC2CCOCC2)c1)N1CCC(OCCCOC)CC1. The molecule has 7 heteroatoms. The van der Waals surface area contributed by atoms with Gasteiger partial charge in [0, 0.05) is 60.2 Å². The topological polar surface area (TPSA) is 64.6 Å². The van der Waals surface area contributed by atoms with E-state index < -0.39 is 0 Å². The lowest BCUT2D eigenvalue weighted by Crippen LogP contribution is -2.46. The molecule has 2 fully saturated rings. The number of nitrogens with zero attached hydrogens (tertiary/aromatic N) is 2. The highest BCUT2D eigenvalue weighted by molar-refractivity contribution is 5.79. The highest BCUT2D eigenvalue weighted by Crippen LogP contribution is 2.16. The molecule has 0 atom stereocenters. The van der Waals surface area contributed by atoms with Crippen LogP contribution in [0.15, 0.2) is 29.3 Å². The van der Waals surface area contributed by atoms with Gasteiger partial charge in [-0.15, -0.1) is 0 Å². The molecular formula is C24H39N3O4. The van der Waals surface area contributed by atoms with Gasteiger partial charge in [0.25, 0.3) is 0 Å². The van der Waals surface area contributed by atoms with E-state index in [0.29, 0.717) is 18.8 Å². The van der Waals surface area contributed by atoms with E-state index in [2.05, 4.69) is 39.5 Å². The van der Waals surface area contributed by atoms with Gasteiger partial charge in [0.2, 0.25) is 0 Å². The van der Waals surface area contributed by atoms with Crippen LogP contribution in [-0.2, 0) is 32.1 Å². The molecule has 2 saturated heterocycles. The smallest absolute Gasteiger partial charge is 0.193 e. The van der Waals surface area contributed by atoms with Crippen molar-refractivity contribution in [2.45, 2.75) is 57.5 Å². The molecular weight excluding hydrogens is 394 g/mol. The Morgan fingerprint density at radius 1 is 1.06 bits per heavy atom. The van der Waals surface area contributed by atoms with E-state index in [-0.39, 0.29) is 0 Å². The summed E-state index contributed by atoms with van der Waals surface area (Å²) in [6.45, 7) is 6.51. The van der Waals surface area contributed by atoms with E-state index in [9.17, 15) is 0 Å². The fourth-order valence-corrected chi connectivity index (χ4v) is 4.09. The largest absolute Gasteiger partial charge is 0.385 e. The molecule has 0 saturated carbocycles. The second kappa shape index (κ2) is 13.7. The molecule has 0 spiro atoms. The second-order valence-corrected chi connectivity index (χ2v) is 8.25. The van der Waals surface area contributed by atoms with Crippen LogP contribution in [-0.4, -0.2) is 76.7 Å². The molecule has 0 aliphatic carbocycles. The van der Waals surface area contributed by atoms with Gasteiger partial charge in [-0.25, -0.2) is 0 Å². The van der Waals surface area contributed by atoms with E-state index in [4.69, 9.17) is 18.9 Å². The van der Waals surface area contributed by atoms with Crippen LogP contribution in [0.2, 0.25) is 0 Å². The van der Waals surface area contributed by atoms with Crippen molar-refractivity contribution in [1.82, 2.24) is 10.2 Å². The number of nitrogens with one attached hydrogen (secondary N) is 1. The molecule has 2 aliphatic rings. The molecule has 0 unspecified atom stereocenters. The molecule has 0 amide bonds. The van der Waals surface area contributed by atoms with Crippen LogP contribution in [0.5, 0.6) is 0 Å². The summed E-state index contributed by atoms with van der Waals surface area (Å²) in [7, 11) is 3.59. The molecule has 0 bridgehead atoms. The average Bonchev–Trinajstić information content (AvgIpc) is 2.83. The number of guanidine groups is 1. The number of likely N-dealkylation sites (tertiary alicyclic amines) is 1. The minimum atomic E-state index is 0.321. The normalized spacial score (nSPS) is 19.0. The maximum atomic E-state index is 6.07. The average molecular weight is 434 g/mol. The van der Waals surface area contributed by atoms with Crippen LogP contribution in [0.1, 0.15) is 43.2 Å². The molecule has 31 heavy (non-hydrogen) atoms. The first kappa shape index (κ1) is 24.0. The summed E-state index contributed by atoms with van der Waals surface area (Å²) in [6, 6.07) is 8.61. The summed E-state index contributed by atoms with van der Waals surface area (Å²) in [6.07, 6.45) is 5.68. The summed E-state index contributed by atoms with van der Waals surface area (Å²) in [4.78, 5) is 6.82.